The van der Waals surface area contributed by atoms with Gasteiger partial charge in [0.25, 0.3) is 0 Å². The van der Waals surface area contributed by atoms with E-state index in [-0.39, 0.29) is 9.79 Å². The van der Waals surface area contributed by atoms with Crippen LogP contribution in [0.1, 0.15) is 0 Å². The summed E-state index contributed by atoms with van der Waals surface area (Å²) in [4.78, 5) is 0.416. The van der Waals surface area contributed by atoms with Gasteiger partial charge in [0, 0.05) is 33.6 Å². The smallest absolute Gasteiger partial charge is 0.207 e. The lowest BCUT2D eigenvalue weighted by atomic mass is 10.0. The Kier molecular flexibility index (Phi) is 4.82. The standard InChI is InChI=1S/C24H20N2O2S/c25-21-13-5-1-9-17(21)19-11-3-7-15-23(19)29(27,28)24-16-8-4-12-20(24)18-10-2-6-14-22(18)26/h1-16H,25-26H2. The highest BCUT2D eigenvalue weighted by Crippen LogP contribution is 2.38. The molecule has 0 heterocycles. The summed E-state index contributed by atoms with van der Waals surface area (Å²) >= 11 is 0. The van der Waals surface area contributed by atoms with Crippen LogP contribution in [0.2, 0.25) is 0 Å². The number of nitrogen functional groups attached to an aromatic ring is 2. The molecule has 0 fully saturated rings. The van der Waals surface area contributed by atoms with E-state index < -0.39 is 9.84 Å². The largest absolute Gasteiger partial charge is 0.398 e. The van der Waals surface area contributed by atoms with Gasteiger partial charge in [-0.1, -0.05) is 72.8 Å². The summed E-state index contributed by atoms with van der Waals surface area (Å²) in [6.45, 7) is 0. The molecule has 144 valence electrons. The summed E-state index contributed by atoms with van der Waals surface area (Å²) in [5, 5.41) is 0. The first-order valence-corrected chi connectivity index (χ1v) is 10.6. The lowest BCUT2D eigenvalue weighted by molar-refractivity contribution is 0.596. The average molecular weight is 401 g/mol. The van der Waals surface area contributed by atoms with Crippen molar-refractivity contribution in [2.24, 2.45) is 0 Å². The molecule has 4 nitrogen and oxygen atoms in total. The highest BCUT2D eigenvalue weighted by atomic mass is 32.2. The number of sulfone groups is 1. The number of anilines is 2. The zero-order chi connectivity index (χ0) is 20.4. The summed E-state index contributed by atoms with van der Waals surface area (Å²) in [6, 6.07) is 28.3. The predicted octanol–water partition coefficient (Wildman–Crippen LogP) is 5.02. The van der Waals surface area contributed by atoms with E-state index in [0.717, 1.165) is 0 Å². The van der Waals surface area contributed by atoms with E-state index in [1.807, 2.05) is 48.5 Å². The van der Waals surface area contributed by atoms with E-state index in [9.17, 15) is 8.42 Å². The van der Waals surface area contributed by atoms with Crippen LogP contribution in [-0.4, -0.2) is 8.42 Å². The maximum atomic E-state index is 13.8. The Labute approximate surface area is 170 Å². The molecule has 0 saturated carbocycles. The Morgan fingerprint density at radius 1 is 0.448 bits per heavy atom. The van der Waals surface area contributed by atoms with Crippen LogP contribution in [0.25, 0.3) is 22.3 Å². The Morgan fingerprint density at radius 3 is 1.14 bits per heavy atom. The number of benzene rings is 4. The van der Waals surface area contributed by atoms with Crippen LogP contribution in [0.15, 0.2) is 107 Å². The number of nitrogens with two attached hydrogens (primary N) is 2. The van der Waals surface area contributed by atoms with Crippen molar-refractivity contribution in [2.45, 2.75) is 9.79 Å². The molecule has 4 aromatic carbocycles. The van der Waals surface area contributed by atoms with Gasteiger partial charge in [-0.2, -0.15) is 0 Å². The number of rotatable bonds is 4. The molecule has 5 heteroatoms. The van der Waals surface area contributed by atoms with Crippen LogP contribution in [-0.2, 0) is 9.84 Å². The van der Waals surface area contributed by atoms with Crippen molar-refractivity contribution in [3.8, 4) is 22.3 Å². The van der Waals surface area contributed by atoms with Gasteiger partial charge in [-0.3, -0.25) is 0 Å². The zero-order valence-corrected chi connectivity index (χ0v) is 16.4. The Bertz CT molecular complexity index is 1200. The van der Waals surface area contributed by atoms with Gasteiger partial charge in [0.2, 0.25) is 9.84 Å². The van der Waals surface area contributed by atoms with Gasteiger partial charge in [0.15, 0.2) is 0 Å². The summed E-state index contributed by atoms with van der Waals surface area (Å²) in [7, 11) is -3.84. The van der Waals surface area contributed by atoms with Gasteiger partial charge in [0.05, 0.1) is 9.79 Å². The second-order valence-electron chi connectivity index (χ2n) is 6.67. The van der Waals surface area contributed by atoms with Crippen molar-refractivity contribution in [1.82, 2.24) is 0 Å². The Hall–Kier alpha value is -3.57. The summed E-state index contributed by atoms with van der Waals surface area (Å²) in [5.74, 6) is 0. The molecular formula is C24H20N2O2S. The van der Waals surface area contributed by atoms with E-state index in [4.69, 9.17) is 11.5 Å². The van der Waals surface area contributed by atoms with Gasteiger partial charge in [-0.15, -0.1) is 0 Å². The second-order valence-corrected chi connectivity index (χ2v) is 8.56. The van der Waals surface area contributed by atoms with Crippen LogP contribution in [0.3, 0.4) is 0 Å². The quantitative estimate of drug-likeness (QED) is 0.471. The van der Waals surface area contributed by atoms with Crippen molar-refractivity contribution in [1.29, 1.82) is 0 Å². The fourth-order valence-corrected chi connectivity index (χ4v) is 5.14. The molecule has 0 aliphatic carbocycles. The summed E-state index contributed by atoms with van der Waals surface area (Å²) < 4.78 is 27.5. The van der Waals surface area contributed by atoms with E-state index in [1.165, 1.54) is 0 Å². The third kappa shape index (κ3) is 3.37. The molecule has 0 aliphatic heterocycles. The predicted molar refractivity (Wildman–Crippen MR) is 118 cm³/mol. The van der Waals surface area contributed by atoms with Crippen molar-refractivity contribution >= 4 is 21.2 Å². The minimum atomic E-state index is -3.84. The molecule has 4 aromatic rings. The summed E-state index contributed by atoms with van der Waals surface area (Å²) in [6.07, 6.45) is 0. The third-order valence-corrected chi connectivity index (χ3v) is 6.73. The lowest BCUT2D eigenvalue weighted by Crippen LogP contribution is -2.07. The number of para-hydroxylation sites is 2. The topological polar surface area (TPSA) is 86.2 Å². The van der Waals surface area contributed by atoms with Gasteiger partial charge in [-0.25, -0.2) is 8.42 Å². The molecule has 0 amide bonds. The molecule has 4 rings (SSSR count). The minimum absolute atomic E-state index is 0.208. The Balaban J connectivity index is 1.96. The first-order chi connectivity index (χ1) is 14.0. The molecule has 0 radical (unpaired) electrons. The fourth-order valence-electron chi connectivity index (χ4n) is 3.45. The van der Waals surface area contributed by atoms with Gasteiger partial charge >= 0.3 is 0 Å². The van der Waals surface area contributed by atoms with E-state index in [1.54, 1.807) is 48.5 Å². The van der Waals surface area contributed by atoms with Crippen LogP contribution in [0.4, 0.5) is 11.4 Å². The number of hydrogen-bond donors (Lipinski definition) is 2. The highest BCUT2D eigenvalue weighted by Gasteiger charge is 2.25. The Morgan fingerprint density at radius 2 is 0.759 bits per heavy atom. The monoisotopic (exact) mass is 400 g/mol. The lowest BCUT2D eigenvalue weighted by Gasteiger charge is -2.16. The maximum Gasteiger partial charge on any atom is 0.207 e. The van der Waals surface area contributed by atoms with Crippen LogP contribution < -0.4 is 11.5 Å². The maximum absolute atomic E-state index is 13.8. The van der Waals surface area contributed by atoms with Crippen molar-refractivity contribution in [3.05, 3.63) is 97.1 Å². The van der Waals surface area contributed by atoms with E-state index >= 15 is 0 Å². The van der Waals surface area contributed by atoms with Crippen LogP contribution in [0.5, 0.6) is 0 Å². The molecule has 0 saturated heterocycles. The highest BCUT2D eigenvalue weighted by molar-refractivity contribution is 7.91. The van der Waals surface area contributed by atoms with Gasteiger partial charge in [0.1, 0.15) is 0 Å². The van der Waals surface area contributed by atoms with Crippen LogP contribution in [0, 0.1) is 0 Å². The first-order valence-electron chi connectivity index (χ1n) is 9.13. The van der Waals surface area contributed by atoms with E-state index in [0.29, 0.717) is 33.6 Å². The molecule has 29 heavy (non-hydrogen) atoms. The molecule has 0 spiro atoms. The van der Waals surface area contributed by atoms with Gasteiger partial charge < -0.3 is 11.5 Å². The molecule has 0 aromatic heterocycles. The molecular weight excluding hydrogens is 380 g/mol. The first kappa shape index (κ1) is 18.8. The second kappa shape index (κ2) is 7.45. The number of hydrogen-bond acceptors (Lipinski definition) is 4. The molecule has 0 atom stereocenters. The normalized spacial score (nSPS) is 11.3. The molecule has 0 unspecified atom stereocenters. The average Bonchev–Trinajstić information content (AvgIpc) is 2.74. The van der Waals surface area contributed by atoms with E-state index in [2.05, 4.69) is 0 Å². The van der Waals surface area contributed by atoms with Gasteiger partial charge in [-0.05, 0) is 24.3 Å². The van der Waals surface area contributed by atoms with Crippen LogP contribution >= 0.6 is 0 Å². The summed E-state index contributed by atoms with van der Waals surface area (Å²) in [5.41, 5.74) is 15.8. The van der Waals surface area contributed by atoms with Crippen molar-refractivity contribution < 1.29 is 8.42 Å². The van der Waals surface area contributed by atoms with Crippen molar-refractivity contribution in [2.75, 3.05) is 11.5 Å². The minimum Gasteiger partial charge on any atom is -0.398 e. The molecule has 0 aliphatic rings. The third-order valence-electron chi connectivity index (χ3n) is 4.86. The fraction of sp³-hybridized carbons (Fsp3) is 0. The molecule has 0 bridgehead atoms. The van der Waals surface area contributed by atoms with Crippen molar-refractivity contribution in [3.63, 3.8) is 0 Å². The SMILES string of the molecule is Nc1ccccc1-c1ccccc1S(=O)(=O)c1ccccc1-c1ccccc1N. The molecule has 4 N–H and O–H groups in total. The zero-order valence-electron chi connectivity index (χ0n) is 15.6.